The summed E-state index contributed by atoms with van der Waals surface area (Å²) in [5, 5.41) is 6.28. The molecule has 3 rings (SSSR count). The summed E-state index contributed by atoms with van der Waals surface area (Å²) in [5.41, 5.74) is 1.61. The Hall–Kier alpha value is -3.49. The molecule has 2 aromatic heterocycles. The second-order valence-corrected chi connectivity index (χ2v) is 5.76. The maximum atomic E-state index is 12.5. The van der Waals surface area contributed by atoms with Crippen LogP contribution in [0.3, 0.4) is 0 Å². The molecule has 0 atom stereocenters. The van der Waals surface area contributed by atoms with Crippen molar-refractivity contribution >= 4 is 5.96 Å². The maximum Gasteiger partial charge on any atom is 0.387 e. The van der Waals surface area contributed by atoms with Gasteiger partial charge < -0.3 is 15.4 Å². The smallest absolute Gasteiger partial charge is 0.387 e. The summed E-state index contributed by atoms with van der Waals surface area (Å²) in [5.74, 6) is 1.44. The van der Waals surface area contributed by atoms with Gasteiger partial charge in [-0.2, -0.15) is 8.78 Å². The molecular weight excluding hydrogens is 366 g/mol. The number of imidazole rings is 1. The number of para-hydroxylation sites is 1. The highest BCUT2D eigenvalue weighted by atomic mass is 19.3. The first-order valence-electron chi connectivity index (χ1n) is 8.56. The highest BCUT2D eigenvalue weighted by Crippen LogP contribution is 2.19. The molecule has 2 N–H and O–H groups in total. The Morgan fingerprint density at radius 2 is 2.00 bits per heavy atom. The fourth-order valence-corrected chi connectivity index (χ4v) is 2.55. The summed E-state index contributed by atoms with van der Waals surface area (Å²) in [6.45, 7) is -2.06. The van der Waals surface area contributed by atoms with Crippen LogP contribution in [0.15, 0.2) is 66.3 Å². The number of aliphatic imine (C=N–C) groups is 1. The van der Waals surface area contributed by atoms with Crippen molar-refractivity contribution < 1.29 is 13.5 Å². The Labute approximate surface area is 161 Å². The van der Waals surface area contributed by atoms with Crippen LogP contribution < -0.4 is 15.4 Å². The molecule has 0 amide bonds. The lowest BCUT2D eigenvalue weighted by Gasteiger charge is -2.14. The lowest BCUT2D eigenvalue weighted by Crippen LogP contribution is -2.36. The van der Waals surface area contributed by atoms with E-state index in [1.807, 2.05) is 22.9 Å². The molecule has 9 heteroatoms. The van der Waals surface area contributed by atoms with E-state index in [1.165, 1.54) is 6.07 Å². The molecule has 28 heavy (non-hydrogen) atoms. The van der Waals surface area contributed by atoms with Crippen LogP contribution in [0.1, 0.15) is 11.1 Å². The number of aromatic nitrogens is 3. The van der Waals surface area contributed by atoms with Crippen LogP contribution in [0.25, 0.3) is 5.82 Å². The lowest BCUT2D eigenvalue weighted by atomic mass is 10.2. The van der Waals surface area contributed by atoms with Crippen LogP contribution in [0, 0.1) is 0 Å². The first-order valence-corrected chi connectivity index (χ1v) is 8.56. The summed E-state index contributed by atoms with van der Waals surface area (Å²) >= 11 is 0. The standard InChI is InChI=1S/C19H20F2N6O/c1-22-19(26-12-15-4-2-3-5-16(15)28-18(20)21)25-11-14-6-7-24-17(10-14)27-9-8-23-13-27/h2-10,13,18H,11-12H2,1H3,(H2,22,25,26). The molecule has 0 bridgehead atoms. The van der Waals surface area contributed by atoms with Gasteiger partial charge in [-0.1, -0.05) is 18.2 Å². The second-order valence-electron chi connectivity index (χ2n) is 5.76. The van der Waals surface area contributed by atoms with Crippen LogP contribution >= 0.6 is 0 Å². The SMILES string of the molecule is CN=C(NCc1ccnc(-n2ccnc2)c1)NCc1ccccc1OC(F)F. The van der Waals surface area contributed by atoms with E-state index in [0.29, 0.717) is 24.6 Å². The summed E-state index contributed by atoms with van der Waals surface area (Å²) in [6, 6.07) is 10.5. The van der Waals surface area contributed by atoms with Crippen LogP contribution in [0.5, 0.6) is 5.75 Å². The quantitative estimate of drug-likeness (QED) is 0.482. The van der Waals surface area contributed by atoms with Crippen molar-refractivity contribution in [3.8, 4) is 11.6 Å². The molecule has 1 aromatic carbocycles. The average molecular weight is 386 g/mol. The summed E-state index contributed by atoms with van der Waals surface area (Å²) in [4.78, 5) is 12.5. The molecular formula is C19H20F2N6O. The van der Waals surface area contributed by atoms with Crippen molar-refractivity contribution in [1.29, 1.82) is 0 Å². The third kappa shape index (κ3) is 5.26. The zero-order chi connectivity index (χ0) is 19.8. The maximum absolute atomic E-state index is 12.5. The third-order valence-electron chi connectivity index (χ3n) is 3.90. The largest absolute Gasteiger partial charge is 0.434 e. The molecule has 0 saturated carbocycles. The minimum Gasteiger partial charge on any atom is -0.434 e. The summed E-state index contributed by atoms with van der Waals surface area (Å²) < 4.78 is 31.4. The molecule has 0 aliphatic heterocycles. The Morgan fingerprint density at radius 3 is 2.75 bits per heavy atom. The molecule has 0 aliphatic rings. The van der Waals surface area contributed by atoms with E-state index in [9.17, 15) is 8.78 Å². The first kappa shape index (κ1) is 19.3. The topological polar surface area (TPSA) is 76.4 Å². The fourth-order valence-electron chi connectivity index (χ4n) is 2.55. The fraction of sp³-hybridized carbons (Fsp3) is 0.211. The van der Waals surface area contributed by atoms with Gasteiger partial charge in [0.05, 0.1) is 0 Å². The predicted molar refractivity (Wildman–Crippen MR) is 101 cm³/mol. The van der Waals surface area contributed by atoms with Crippen LogP contribution in [-0.4, -0.2) is 34.2 Å². The van der Waals surface area contributed by atoms with Crippen molar-refractivity contribution in [3.63, 3.8) is 0 Å². The van der Waals surface area contributed by atoms with E-state index in [2.05, 4.69) is 30.3 Å². The second kappa shape index (κ2) is 9.45. The number of benzene rings is 1. The number of ether oxygens (including phenoxy) is 1. The molecule has 0 spiro atoms. The number of halogens is 2. The van der Waals surface area contributed by atoms with E-state index in [4.69, 9.17) is 0 Å². The van der Waals surface area contributed by atoms with Gasteiger partial charge in [-0.3, -0.25) is 9.56 Å². The number of hydrogen-bond donors (Lipinski definition) is 2. The molecule has 2 heterocycles. The number of nitrogens with one attached hydrogen (secondary N) is 2. The Bertz CT molecular complexity index is 914. The molecule has 0 saturated heterocycles. The van der Waals surface area contributed by atoms with Gasteiger partial charge in [-0.05, 0) is 23.8 Å². The van der Waals surface area contributed by atoms with Gasteiger partial charge in [0.1, 0.15) is 17.9 Å². The number of alkyl halides is 2. The first-order chi connectivity index (χ1) is 13.7. The number of nitrogens with zero attached hydrogens (tertiary/aromatic N) is 4. The van der Waals surface area contributed by atoms with E-state index >= 15 is 0 Å². The zero-order valence-corrected chi connectivity index (χ0v) is 15.2. The summed E-state index contributed by atoms with van der Waals surface area (Å²) in [6.07, 6.45) is 6.91. The number of rotatable bonds is 7. The van der Waals surface area contributed by atoms with Gasteiger partial charge >= 0.3 is 6.61 Å². The normalized spacial score (nSPS) is 11.5. The predicted octanol–water partition coefficient (Wildman–Crippen LogP) is 2.73. The van der Waals surface area contributed by atoms with Gasteiger partial charge in [0.25, 0.3) is 0 Å². The average Bonchev–Trinajstić information content (AvgIpc) is 3.24. The van der Waals surface area contributed by atoms with Crippen molar-refractivity contribution in [2.75, 3.05) is 7.05 Å². The molecule has 7 nitrogen and oxygen atoms in total. The van der Waals surface area contributed by atoms with E-state index in [0.717, 1.165) is 11.4 Å². The van der Waals surface area contributed by atoms with Crippen LogP contribution in [-0.2, 0) is 13.1 Å². The highest BCUT2D eigenvalue weighted by Gasteiger charge is 2.09. The minimum atomic E-state index is -2.87. The van der Waals surface area contributed by atoms with Gasteiger partial charge in [-0.25, -0.2) is 9.97 Å². The van der Waals surface area contributed by atoms with Crippen molar-refractivity contribution in [3.05, 3.63) is 72.4 Å². The molecule has 0 aliphatic carbocycles. The number of pyridine rings is 1. The van der Waals surface area contributed by atoms with Gasteiger partial charge in [0.2, 0.25) is 0 Å². The molecule has 0 unspecified atom stereocenters. The Balaban J connectivity index is 1.58. The van der Waals surface area contributed by atoms with Gasteiger partial charge in [-0.15, -0.1) is 0 Å². The zero-order valence-electron chi connectivity index (χ0n) is 15.2. The monoisotopic (exact) mass is 386 g/mol. The van der Waals surface area contributed by atoms with E-state index < -0.39 is 6.61 Å². The van der Waals surface area contributed by atoms with Crippen molar-refractivity contribution in [2.45, 2.75) is 19.7 Å². The van der Waals surface area contributed by atoms with Crippen molar-refractivity contribution in [2.24, 2.45) is 4.99 Å². The van der Waals surface area contributed by atoms with E-state index in [1.54, 1.807) is 44.0 Å². The minimum absolute atomic E-state index is 0.138. The highest BCUT2D eigenvalue weighted by molar-refractivity contribution is 5.79. The third-order valence-corrected chi connectivity index (χ3v) is 3.90. The molecule has 3 aromatic rings. The lowest BCUT2D eigenvalue weighted by molar-refractivity contribution is -0.0504. The van der Waals surface area contributed by atoms with Gasteiger partial charge in [0.15, 0.2) is 5.96 Å². The summed E-state index contributed by atoms with van der Waals surface area (Å²) in [7, 11) is 1.64. The number of hydrogen-bond acceptors (Lipinski definition) is 4. The number of guanidine groups is 1. The molecule has 0 radical (unpaired) electrons. The Kier molecular flexibility index (Phi) is 6.50. The molecule has 146 valence electrons. The van der Waals surface area contributed by atoms with Gasteiger partial charge in [0, 0.05) is 44.3 Å². The molecule has 0 fully saturated rings. The Morgan fingerprint density at radius 1 is 1.18 bits per heavy atom. The van der Waals surface area contributed by atoms with Crippen LogP contribution in [0.4, 0.5) is 8.78 Å². The van der Waals surface area contributed by atoms with E-state index in [-0.39, 0.29) is 5.75 Å². The van der Waals surface area contributed by atoms with Crippen molar-refractivity contribution in [1.82, 2.24) is 25.2 Å². The van der Waals surface area contributed by atoms with Crippen LogP contribution in [0.2, 0.25) is 0 Å².